The Morgan fingerprint density at radius 3 is 1.45 bits per heavy atom. The summed E-state index contributed by atoms with van der Waals surface area (Å²) in [5, 5.41) is 19.2. The van der Waals surface area contributed by atoms with Gasteiger partial charge in [0.25, 0.3) is 0 Å². The highest BCUT2D eigenvalue weighted by molar-refractivity contribution is 7.81. The summed E-state index contributed by atoms with van der Waals surface area (Å²) in [5.41, 5.74) is 0. The molecule has 6 heteroatoms. The smallest absolute Gasteiger partial charge is 0.152 e. The van der Waals surface area contributed by atoms with Crippen LogP contribution in [0.15, 0.2) is 0 Å². The highest BCUT2D eigenvalue weighted by atomic mass is 32.1. The predicted molar refractivity (Wildman–Crippen MR) is 111 cm³/mol. The van der Waals surface area contributed by atoms with Crippen molar-refractivity contribution in [1.82, 2.24) is 0 Å². The van der Waals surface area contributed by atoms with Crippen molar-refractivity contribution < 1.29 is 10.2 Å². The number of rotatable bonds is 14. The van der Waals surface area contributed by atoms with Crippen molar-refractivity contribution >= 4 is 50.5 Å². The molecule has 0 aliphatic heterocycles. The molecule has 4 atom stereocenters. The maximum Gasteiger partial charge on any atom is 0.152 e. The van der Waals surface area contributed by atoms with Crippen molar-refractivity contribution in [3.8, 4) is 0 Å². The van der Waals surface area contributed by atoms with Crippen LogP contribution in [0.3, 0.4) is 0 Å². The first-order valence-electron chi connectivity index (χ1n) is 8.43. The Labute approximate surface area is 158 Å². The lowest BCUT2D eigenvalue weighted by atomic mass is 10.0. The van der Waals surface area contributed by atoms with E-state index < -0.39 is 6.29 Å². The fourth-order valence-electron chi connectivity index (χ4n) is 2.42. The van der Waals surface area contributed by atoms with Crippen LogP contribution < -0.4 is 0 Å². The van der Waals surface area contributed by atoms with E-state index in [9.17, 15) is 0 Å². The van der Waals surface area contributed by atoms with Gasteiger partial charge >= 0.3 is 0 Å². The van der Waals surface area contributed by atoms with E-state index in [0.717, 1.165) is 44.9 Å². The molecule has 0 saturated carbocycles. The molecule has 0 aromatic heterocycles. The summed E-state index contributed by atoms with van der Waals surface area (Å²) in [6.07, 6.45) is 8.97. The fraction of sp³-hybridized carbons (Fsp3) is 1.00. The lowest BCUT2D eigenvalue weighted by molar-refractivity contribution is -0.0452. The average Bonchev–Trinajstić information content (AvgIpc) is 2.44. The van der Waals surface area contributed by atoms with E-state index in [2.05, 4.69) is 57.4 Å². The Bertz CT molecular complexity index is 254. The summed E-state index contributed by atoms with van der Waals surface area (Å²) < 4.78 is 0. The maximum atomic E-state index is 8.88. The van der Waals surface area contributed by atoms with Crippen molar-refractivity contribution in [2.45, 2.75) is 98.4 Å². The van der Waals surface area contributed by atoms with Crippen LogP contribution >= 0.6 is 50.5 Å². The molecule has 0 amide bonds. The van der Waals surface area contributed by atoms with Crippen molar-refractivity contribution in [1.29, 1.82) is 0 Å². The van der Waals surface area contributed by atoms with Gasteiger partial charge in [-0.25, -0.2) is 0 Å². The summed E-state index contributed by atoms with van der Waals surface area (Å²) in [5.74, 6) is 0. The second kappa shape index (κ2) is 14.6. The minimum atomic E-state index is -1.25. The van der Waals surface area contributed by atoms with Crippen LogP contribution in [0.25, 0.3) is 0 Å². The summed E-state index contributed by atoms with van der Waals surface area (Å²) in [4.78, 5) is 0. The largest absolute Gasteiger partial charge is 0.368 e. The summed E-state index contributed by atoms with van der Waals surface area (Å²) in [7, 11) is 0. The third kappa shape index (κ3) is 14.9. The van der Waals surface area contributed by atoms with E-state index in [1.54, 1.807) is 0 Å². The van der Waals surface area contributed by atoms with Gasteiger partial charge in [-0.2, -0.15) is 50.5 Å². The third-order valence-electron chi connectivity index (χ3n) is 3.94. The van der Waals surface area contributed by atoms with E-state index in [1.165, 1.54) is 12.8 Å². The molecule has 0 rings (SSSR count). The minimum absolute atomic E-state index is 0.0610. The van der Waals surface area contributed by atoms with Gasteiger partial charge < -0.3 is 10.2 Å². The highest BCUT2D eigenvalue weighted by Gasteiger charge is 2.11. The van der Waals surface area contributed by atoms with Crippen LogP contribution in [-0.2, 0) is 0 Å². The SMILES string of the molecule is CCC(S)CCCC(S)CCC(S)CCCC(S)CC(O)O. The molecule has 4 unspecified atom stereocenters. The Hall–Kier alpha value is 1.32. The minimum Gasteiger partial charge on any atom is -0.368 e. The van der Waals surface area contributed by atoms with E-state index in [1.807, 2.05) is 0 Å². The Kier molecular flexibility index (Phi) is 15.5. The second-order valence-corrected chi connectivity index (χ2v) is 9.10. The number of hydrogen-bond acceptors (Lipinski definition) is 6. The van der Waals surface area contributed by atoms with Gasteiger partial charge in [0, 0.05) is 27.4 Å². The molecule has 0 bridgehead atoms. The van der Waals surface area contributed by atoms with Crippen LogP contribution in [0, 0.1) is 0 Å². The first-order valence-corrected chi connectivity index (χ1v) is 10.5. The monoisotopic (exact) mass is 386 g/mol. The molecule has 2 nitrogen and oxygen atoms in total. The van der Waals surface area contributed by atoms with Gasteiger partial charge in [0.15, 0.2) is 6.29 Å². The molecule has 0 aliphatic carbocycles. The zero-order valence-corrected chi connectivity index (χ0v) is 17.2. The van der Waals surface area contributed by atoms with E-state index in [0.29, 0.717) is 22.2 Å². The van der Waals surface area contributed by atoms with E-state index in [-0.39, 0.29) is 5.25 Å². The van der Waals surface area contributed by atoms with Gasteiger partial charge in [-0.15, -0.1) is 0 Å². The molecule has 0 saturated heterocycles. The third-order valence-corrected chi connectivity index (χ3v) is 6.06. The predicted octanol–water partition coefficient (Wildman–Crippen LogP) is 4.41. The quantitative estimate of drug-likeness (QED) is 0.198. The Morgan fingerprint density at radius 1 is 0.636 bits per heavy atom. The van der Waals surface area contributed by atoms with Crippen LogP contribution in [0.1, 0.15) is 71.1 Å². The van der Waals surface area contributed by atoms with Crippen LogP contribution in [0.5, 0.6) is 0 Å². The number of thiol groups is 4. The van der Waals surface area contributed by atoms with Crippen molar-refractivity contribution in [2.24, 2.45) is 0 Å². The number of aliphatic hydroxyl groups is 2. The zero-order chi connectivity index (χ0) is 17.0. The Balaban J connectivity index is 3.57. The lowest BCUT2D eigenvalue weighted by Crippen LogP contribution is -2.13. The normalized spacial score (nSPS) is 17.5. The van der Waals surface area contributed by atoms with Crippen LogP contribution in [0.4, 0.5) is 0 Å². The van der Waals surface area contributed by atoms with Crippen molar-refractivity contribution in [3.05, 3.63) is 0 Å². The molecule has 2 N–H and O–H groups in total. The summed E-state index contributed by atoms with van der Waals surface area (Å²) >= 11 is 18.2. The van der Waals surface area contributed by atoms with Gasteiger partial charge in [0.05, 0.1) is 0 Å². The molecular weight excluding hydrogens is 352 g/mol. The van der Waals surface area contributed by atoms with Gasteiger partial charge in [-0.3, -0.25) is 0 Å². The number of hydrogen-bond donors (Lipinski definition) is 6. The van der Waals surface area contributed by atoms with Crippen LogP contribution in [0.2, 0.25) is 0 Å². The molecule has 0 radical (unpaired) electrons. The van der Waals surface area contributed by atoms with Gasteiger partial charge in [0.2, 0.25) is 0 Å². The van der Waals surface area contributed by atoms with Gasteiger partial charge in [-0.1, -0.05) is 19.8 Å². The van der Waals surface area contributed by atoms with Crippen molar-refractivity contribution in [2.75, 3.05) is 0 Å². The molecule has 0 spiro atoms. The van der Waals surface area contributed by atoms with Gasteiger partial charge in [0.1, 0.15) is 0 Å². The number of aliphatic hydroxyl groups excluding tert-OH is 1. The average molecular weight is 387 g/mol. The van der Waals surface area contributed by atoms with Crippen LogP contribution in [-0.4, -0.2) is 37.5 Å². The molecule has 22 heavy (non-hydrogen) atoms. The fourth-order valence-corrected chi connectivity index (χ4v) is 3.63. The standard InChI is InChI=1S/C16H34O2S4/c1-2-12(19)5-3-6-13(20)9-10-14(21)7-4-8-15(22)11-16(17)18/h12-22H,2-11H2,1H3. The second-order valence-electron chi connectivity index (χ2n) is 6.18. The lowest BCUT2D eigenvalue weighted by Gasteiger charge is -2.16. The van der Waals surface area contributed by atoms with Crippen molar-refractivity contribution in [3.63, 3.8) is 0 Å². The first-order chi connectivity index (χ1) is 10.3. The molecule has 0 aromatic rings. The first kappa shape index (κ1) is 23.3. The zero-order valence-electron chi connectivity index (χ0n) is 13.6. The topological polar surface area (TPSA) is 40.5 Å². The molecule has 0 aliphatic rings. The van der Waals surface area contributed by atoms with Gasteiger partial charge in [-0.05, 0) is 44.9 Å². The molecule has 0 fully saturated rings. The van der Waals surface area contributed by atoms with E-state index in [4.69, 9.17) is 10.2 Å². The maximum absolute atomic E-state index is 8.88. The Morgan fingerprint density at radius 2 is 1.05 bits per heavy atom. The molecule has 0 aromatic carbocycles. The molecule has 0 heterocycles. The highest BCUT2D eigenvalue weighted by Crippen LogP contribution is 2.22. The molecular formula is C16H34O2S4. The molecule has 134 valence electrons. The van der Waals surface area contributed by atoms with E-state index >= 15 is 0 Å². The summed E-state index contributed by atoms with van der Waals surface area (Å²) in [6, 6.07) is 0. The summed E-state index contributed by atoms with van der Waals surface area (Å²) in [6.45, 7) is 2.18.